The number of amides is 1. The minimum atomic E-state index is -0.357. The maximum Gasteiger partial charge on any atom is 0.253 e. The highest BCUT2D eigenvalue weighted by atomic mass is 19.1. The second kappa shape index (κ2) is 6.05. The largest absolute Gasteiger partial charge is 0.358 e. The zero-order valence-electron chi connectivity index (χ0n) is 13.7. The number of rotatable bonds is 4. The van der Waals surface area contributed by atoms with Gasteiger partial charge in [-0.3, -0.25) is 4.79 Å². The van der Waals surface area contributed by atoms with Crippen molar-refractivity contribution in [2.45, 2.75) is 13.3 Å². The molecule has 3 heterocycles. The number of nitrogens with one attached hydrogen (secondary N) is 2. The Hall–Kier alpha value is -3.15. The van der Waals surface area contributed by atoms with Crippen LogP contribution >= 0.6 is 0 Å². The number of hydrogen-bond acceptors (Lipinski definition) is 2. The van der Waals surface area contributed by atoms with Crippen LogP contribution in [0.1, 0.15) is 21.9 Å². The highest BCUT2D eigenvalue weighted by Crippen LogP contribution is 2.23. The maximum absolute atomic E-state index is 13.5. The monoisotopic (exact) mass is 336 g/mol. The molecule has 0 bridgehead atoms. The summed E-state index contributed by atoms with van der Waals surface area (Å²) in [5, 5.41) is 3.50. The molecule has 5 nitrogen and oxygen atoms in total. The van der Waals surface area contributed by atoms with Gasteiger partial charge in [-0.1, -0.05) is 6.07 Å². The number of halogens is 1. The zero-order valence-corrected chi connectivity index (χ0v) is 13.7. The van der Waals surface area contributed by atoms with Crippen molar-refractivity contribution in [1.29, 1.82) is 0 Å². The number of H-pyrrole nitrogens is 1. The first-order valence-corrected chi connectivity index (χ1v) is 8.10. The molecule has 126 valence electrons. The predicted octanol–water partition coefficient (Wildman–Crippen LogP) is 3.24. The third kappa shape index (κ3) is 2.76. The lowest BCUT2D eigenvalue weighted by Gasteiger charge is -2.06. The highest BCUT2D eigenvalue weighted by Gasteiger charge is 2.16. The van der Waals surface area contributed by atoms with Crippen LogP contribution in [0.4, 0.5) is 4.39 Å². The molecule has 1 aromatic carbocycles. The summed E-state index contributed by atoms with van der Waals surface area (Å²) in [4.78, 5) is 20.1. The lowest BCUT2D eigenvalue weighted by molar-refractivity contribution is 0.0955. The minimum Gasteiger partial charge on any atom is -0.358 e. The zero-order chi connectivity index (χ0) is 17.4. The fourth-order valence-electron chi connectivity index (χ4n) is 3.15. The van der Waals surface area contributed by atoms with E-state index >= 15 is 0 Å². The number of aromatic amines is 1. The van der Waals surface area contributed by atoms with Gasteiger partial charge in [0.15, 0.2) is 0 Å². The molecule has 0 aliphatic heterocycles. The van der Waals surface area contributed by atoms with Crippen LogP contribution < -0.4 is 5.32 Å². The number of carbonyl (C=O) groups is 1. The van der Waals surface area contributed by atoms with Crippen molar-refractivity contribution in [3.63, 3.8) is 0 Å². The van der Waals surface area contributed by atoms with E-state index in [1.807, 2.05) is 41.9 Å². The summed E-state index contributed by atoms with van der Waals surface area (Å²) >= 11 is 0. The Morgan fingerprint density at radius 1 is 1.32 bits per heavy atom. The van der Waals surface area contributed by atoms with E-state index in [0.717, 1.165) is 22.6 Å². The molecule has 1 amide bonds. The Kier molecular flexibility index (Phi) is 3.72. The Bertz CT molecular complexity index is 1080. The van der Waals surface area contributed by atoms with Gasteiger partial charge in [0.2, 0.25) is 0 Å². The summed E-state index contributed by atoms with van der Waals surface area (Å²) in [5.41, 5.74) is 2.99. The molecule has 25 heavy (non-hydrogen) atoms. The molecule has 0 atom stereocenters. The van der Waals surface area contributed by atoms with Crippen molar-refractivity contribution < 1.29 is 9.18 Å². The summed E-state index contributed by atoms with van der Waals surface area (Å²) in [6.07, 6.45) is 4.37. The molecule has 0 spiro atoms. The second-order valence-corrected chi connectivity index (χ2v) is 5.99. The van der Waals surface area contributed by atoms with Crippen molar-refractivity contribution >= 4 is 22.3 Å². The molecule has 0 saturated carbocycles. The smallest absolute Gasteiger partial charge is 0.253 e. The molecule has 4 aromatic rings. The standard InChI is InChI=1S/C19H17FN4O/c1-12-18(15-10-13(20)5-6-16(15)23-12)19(25)21-8-7-17-22-11-14-4-2-3-9-24(14)17/h2-6,9-11,23H,7-8H2,1H3,(H,21,25). The topological polar surface area (TPSA) is 62.2 Å². The first-order chi connectivity index (χ1) is 12.1. The molecule has 0 aliphatic carbocycles. The first-order valence-electron chi connectivity index (χ1n) is 8.10. The van der Waals surface area contributed by atoms with E-state index in [1.165, 1.54) is 12.1 Å². The number of imidazole rings is 1. The van der Waals surface area contributed by atoms with Crippen molar-refractivity contribution in [3.8, 4) is 0 Å². The molecular weight excluding hydrogens is 319 g/mol. The van der Waals surface area contributed by atoms with Crippen molar-refractivity contribution in [3.05, 3.63) is 71.7 Å². The van der Waals surface area contributed by atoms with Gasteiger partial charge >= 0.3 is 0 Å². The van der Waals surface area contributed by atoms with Gasteiger partial charge in [0.1, 0.15) is 11.6 Å². The molecule has 4 rings (SSSR count). The molecule has 0 radical (unpaired) electrons. The molecule has 0 unspecified atom stereocenters. The number of aryl methyl sites for hydroxylation is 1. The van der Waals surface area contributed by atoms with Gasteiger partial charge in [0.05, 0.1) is 17.3 Å². The average molecular weight is 336 g/mol. The lowest BCUT2D eigenvalue weighted by Crippen LogP contribution is -2.26. The van der Waals surface area contributed by atoms with Crippen LogP contribution in [0, 0.1) is 12.7 Å². The number of pyridine rings is 1. The van der Waals surface area contributed by atoms with E-state index in [2.05, 4.69) is 15.3 Å². The molecule has 0 saturated heterocycles. The van der Waals surface area contributed by atoms with Gasteiger partial charge in [0, 0.05) is 35.8 Å². The molecule has 0 fully saturated rings. The van der Waals surface area contributed by atoms with Crippen LogP contribution in [0.2, 0.25) is 0 Å². The van der Waals surface area contributed by atoms with E-state index in [-0.39, 0.29) is 11.7 Å². The van der Waals surface area contributed by atoms with Gasteiger partial charge in [-0.25, -0.2) is 9.37 Å². The van der Waals surface area contributed by atoms with Crippen molar-refractivity contribution in [2.24, 2.45) is 0 Å². The second-order valence-electron chi connectivity index (χ2n) is 5.99. The van der Waals surface area contributed by atoms with Crippen LogP contribution in [-0.4, -0.2) is 26.8 Å². The predicted molar refractivity (Wildman–Crippen MR) is 94.2 cm³/mol. The Labute approximate surface area is 143 Å². The SMILES string of the molecule is Cc1[nH]c2ccc(F)cc2c1C(=O)NCCc1ncc2ccccn12. The van der Waals surface area contributed by atoms with E-state index in [0.29, 0.717) is 23.9 Å². The van der Waals surface area contributed by atoms with Crippen molar-refractivity contribution in [2.75, 3.05) is 6.54 Å². The Morgan fingerprint density at radius 2 is 2.20 bits per heavy atom. The van der Waals surface area contributed by atoms with Crippen LogP contribution in [0.5, 0.6) is 0 Å². The Balaban J connectivity index is 1.51. The lowest BCUT2D eigenvalue weighted by atomic mass is 10.1. The Morgan fingerprint density at radius 3 is 3.08 bits per heavy atom. The van der Waals surface area contributed by atoms with E-state index < -0.39 is 0 Å². The highest BCUT2D eigenvalue weighted by molar-refractivity contribution is 6.08. The summed E-state index contributed by atoms with van der Waals surface area (Å²) in [6, 6.07) is 10.3. The van der Waals surface area contributed by atoms with Crippen LogP contribution in [-0.2, 0) is 6.42 Å². The summed E-state index contributed by atoms with van der Waals surface area (Å²) in [5.74, 6) is 0.317. The van der Waals surface area contributed by atoms with Crippen LogP contribution in [0.25, 0.3) is 16.4 Å². The van der Waals surface area contributed by atoms with Gasteiger partial charge in [-0.05, 0) is 37.3 Å². The molecular formula is C19H17FN4O. The van der Waals surface area contributed by atoms with E-state index in [1.54, 1.807) is 6.07 Å². The van der Waals surface area contributed by atoms with Gasteiger partial charge in [-0.2, -0.15) is 0 Å². The fourth-order valence-corrected chi connectivity index (χ4v) is 3.15. The quantitative estimate of drug-likeness (QED) is 0.601. The fraction of sp³-hybridized carbons (Fsp3) is 0.158. The van der Waals surface area contributed by atoms with Crippen LogP contribution in [0.3, 0.4) is 0 Å². The maximum atomic E-state index is 13.5. The number of benzene rings is 1. The number of hydrogen-bond donors (Lipinski definition) is 2. The van der Waals surface area contributed by atoms with E-state index in [4.69, 9.17) is 0 Å². The normalized spacial score (nSPS) is 11.3. The van der Waals surface area contributed by atoms with E-state index in [9.17, 15) is 9.18 Å². The van der Waals surface area contributed by atoms with Gasteiger partial charge < -0.3 is 14.7 Å². The third-order valence-electron chi connectivity index (χ3n) is 4.32. The summed E-state index contributed by atoms with van der Waals surface area (Å²) < 4.78 is 15.5. The minimum absolute atomic E-state index is 0.213. The average Bonchev–Trinajstić information content (AvgIpc) is 3.15. The molecule has 3 aromatic heterocycles. The molecule has 2 N–H and O–H groups in total. The third-order valence-corrected chi connectivity index (χ3v) is 4.32. The summed E-state index contributed by atoms with van der Waals surface area (Å²) in [6.45, 7) is 2.27. The number of nitrogens with zero attached hydrogens (tertiary/aromatic N) is 2. The van der Waals surface area contributed by atoms with Gasteiger partial charge in [0.25, 0.3) is 5.91 Å². The first kappa shape index (κ1) is 15.4. The summed E-state index contributed by atoms with van der Waals surface area (Å²) in [7, 11) is 0. The number of carbonyl (C=O) groups excluding carboxylic acids is 1. The van der Waals surface area contributed by atoms with Gasteiger partial charge in [-0.15, -0.1) is 0 Å². The number of fused-ring (bicyclic) bond motifs is 2. The number of aromatic nitrogens is 3. The van der Waals surface area contributed by atoms with Crippen LogP contribution in [0.15, 0.2) is 48.8 Å². The molecule has 0 aliphatic rings. The molecule has 6 heteroatoms. The van der Waals surface area contributed by atoms with Crippen molar-refractivity contribution in [1.82, 2.24) is 19.7 Å².